The topological polar surface area (TPSA) is 96.5 Å². The molecule has 0 spiro atoms. The molecule has 0 aliphatic heterocycles. The van der Waals surface area contributed by atoms with E-state index in [2.05, 4.69) is 27.6 Å². The summed E-state index contributed by atoms with van der Waals surface area (Å²) in [6.45, 7) is 0.454. The number of imidazole rings is 1. The summed E-state index contributed by atoms with van der Waals surface area (Å²) < 4.78 is 14.1. The quantitative estimate of drug-likeness (QED) is 0.206. The maximum Gasteiger partial charge on any atom is 0.338 e. The largest absolute Gasteiger partial charge is 0.490 e. The maximum atomic E-state index is 12.4. The van der Waals surface area contributed by atoms with E-state index in [9.17, 15) is 14.9 Å². The van der Waals surface area contributed by atoms with Gasteiger partial charge in [-0.05, 0) is 59.0 Å². The highest BCUT2D eigenvalue weighted by molar-refractivity contribution is 14.1. The van der Waals surface area contributed by atoms with Crippen LogP contribution in [0.5, 0.6) is 5.75 Å². The molecule has 0 radical (unpaired) electrons. The molecule has 3 rings (SSSR count). The molecular weight excluding hydrogens is 477 g/mol. The summed E-state index contributed by atoms with van der Waals surface area (Å²) in [5.74, 6) is 0.000333. The first-order valence-electron chi connectivity index (χ1n) is 8.31. The zero-order valence-corrected chi connectivity index (χ0v) is 16.8. The lowest BCUT2D eigenvalue weighted by atomic mass is 10.2. The van der Waals surface area contributed by atoms with E-state index >= 15 is 0 Å². The first-order valence-corrected chi connectivity index (χ1v) is 9.38. The molecule has 0 fully saturated rings. The number of halogens is 1. The Bertz CT molecular complexity index is 927. The van der Waals surface area contributed by atoms with E-state index in [-0.39, 0.29) is 12.3 Å². The number of nitro benzene ring substituents is 1. The fourth-order valence-corrected chi connectivity index (χ4v) is 2.77. The van der Waals surface area contributed by atoms with Crippen LogP contribution in [0.3, 0.4) is 0 Å². The lowest BCUT2D eigenvalue weighted by Crippen LogP contribution is -2.29. The van der Waals surface area contributed by atoms with E-state index in [1.807, 2.05) is 12.1 Å². The van der Waals surface area contributed by atoms with Gasteiger partial charge in [0.15, 0.2) is 6.10 Å². The summed E-state index contributed by atoms with van der Waals surface area (Å²) in [6.07, 6.45) is 4.45. The van der Waals surface area contributed by atoms with Crippen molar-refractivity contribution in [3.05, 3.63) is 86.5 Å². The third kappa shape index (κ3) is 5.52. The molecule has 0 saturated heterocycles. The van der Waals surface area contributed by atoms with Crippen LogP contribution < -0.4 is 4.74 Å². The fourth-order valence-electron chi connectivity index (χ4n) is 2.41. The van der Waals surface area contributed by atoms with E-state index in [1.165, 1.54) is 24.3 Å². The van der Waals surface area contributed by atoms with Gasteiger partial charge in [-0.1, -0.05) is 0 Å². The van der Waals surface area contributed by atoms with E-state index < -0.39 is 17.0 Å². The molecule has 1 heterocycles. The van der Waals surface area contributed by atoms with Crippen molar-refractivity contribution in [1.82, 2.24) is 9.55 Å². The summed E-state index contributed by atoms with van der Waals surface area (Å²) >= 11 is 2.16. The van der Waals surface area contributed by atoms with Crippen LogP contribution in [-0.2, 0) is 11.3 Å². The van der Waals surface area contributed by atoms with Crippen LogP contribution in [0.4, 0.5) is 5.69 Å². The number of rotatable bonds is 8. The minimum absolute atomic E-state index is 0.0209. The van der Waals surface area contributed by atoms with Crippen molar-refractivity contribution in [2.75, 3.05) is 6.61 Å². The van der Waals surface area contributed by atoms with Gasteiger partial charge in [0.2, 0.25) is 0 Å². The molecule has 2 aromatic carbocycles. The van der Waals surface area contributed by atoms with Gasteiger partial charge in [0.1, 0.15) is 12.4 Å². The molecular formula is C19H16IN3O5. The van der Waals surface area contributed by atoms with Gasteiger partial charge in [-0.25, -0.2) is 9.78 Å². The highest BCUT2D eigenvalue weighted by atomic mass is 127. The molecule has 9 heteroatoms. The number of hydrogen-bond donors (Lipinski definition) is 0. The van der Waals surface area contributed by atoms with Crippen molar-refractivity contribution >= 4 is 34.2 Å². The first kappa shape index (κ1) is 19.8. The van der Waals surface area contributed by atoms with Crippen molar-refractivity contribution in [2.24, 2.45) is 0 Å². The van der Waals surface area contributed by atoms with E-state index in [0.29, 0.717) is 17.9 Å². The molecule has 1 atom stereocenters. The SMILES string of the molecule is O=C(O[C@@H](COc1ccc([N+](=O)[O-])cc1)Cn1ccnc1)c1ccc(I)cc1. The molecule has 0 N–H and O–H groups in total. The average Bonchev–Trinajstić information content (AvgIpc) is 3.20. The van der Waals surface area contributed by atoms with Gasteiger partial charge in [-0.3, -0.25) is 10.1 Å². The normalized spacial score (nSPS) is 11.6. The Hall–Kier alpha value is -2.95. The lowest BCUT2D eigenvalue weighted by Gasteiger charge is -2.19. The fraction of sp³-hybridized carbons (Fsp3) is 0.158. The Morgan fingerprint density at radius 2 is 1.89 bits per heavy atom. The second-order valence-electron chi connectivity index (χ2n) is 5.86. The number of non-ortho nitro benzene ring substituents is 1. The third-order valence-corrected chi connectivity index (χ3v) is 4.53. The van der Waals surface area contributed by atoms with E-state index in [4.69, 9.17) is 9.47 Å². The molecule has 0 unspecified atom stereocenters. The monoisotopic (exact) mass is 493 g/mol. The number of nitro groups is 1. The van der Waals surface area contributed by atoms with Crippen molar-refractivity contribution in [2.45, 2.75) is 12.6 Å². The number of aromatic nitrogens is 2. The Morgan fingerprint density at radius 3 is 2.50 bits per heavy atom. The van der Waals surface area contributed by atoms with Crippen molar-refractivity contribution in [3.8, 4) is 5.75 Å². The minimum atomic E-state index is -0.573. The van der Waals surface area contributed by atoms with Crippen molar-refractivity contribution < 1.29 is 19.2 Å². The molecule has 3 aromatic rings. The van der Waals surface area contributed by atoms with E-state index in [1.54, 1.807) is 35.4 Å². The second kappa shape index (κ2) is 9.31. The second-order valence-corrected chi connectivity index (χ2v) is 7.10. The van der Waals surface area contributed by atoms with Crippen LogP contribution in [0.25, 0.3) is 0 Å². The number of esters is 1. The van der Waals surface area contributed by atoms with Crippen LogP contribution in [-0.4, -0.2) is 33.2 Å². The number of nitrogens with zero attached hydrogens (tertiary/aromatic N) is 3. The standard InChI is InChI=1S/C19H16IN3O5/c20-15-3-1-14(2-4-15)19(24)28-18(11-22-10-9-21-13-22)12-27-17-7-5-16(6-8-17)23(25)26/h1-10,13,18H,11-12H2/t18-/m1/s1. The molecule has 1 aromatic heterocycles. The predicted octanol–water partition coefficient (Wildman–Crippen LogP) is 3.70. The molecule has 144 valence electrons. The third-order valence-electron chi connectivity index (χ3n) is 3.81. The number of ether oxygens (including phenoxy) is 2. The zero-order valence-electron chi connectivity index (χ0n) is 14.6. The average molecular weight is 493 g/mol. The van der Waals surface area contributed by atoms with Gasteiger partial charge in [0.05, 0.1) is 23.4 Å². The molecule has 0 aliphatic carbocycles. The smallest absolute Gasteiger partial charge is 0.338 e. The number of hydrogen-bond acceptors (Lipinski definition) is 6. The van der Waals surface area contributed by atoms with Crippen LogP contribution in [0.2, 0.25) is 0 Å². The summed E-state index contributed by atoms with van der Waals surface area (Å²) in [6, 6.07) is 12.8. The molecule has 28 heavy (non-hydrogen) atoms. The molecule has 8 nitrogen and oxygen atoms in total. The molecule has 0 bridgehead atoms. The van der Waals surface area contributed by atoms with Crippen LogP contribution >= 0.6 is 22.6 Å². The number of carbonyl (C=O) groups excluding carboxylic acids is 1. The highest BCUT2D eigenvalue weighted by Crippen LogP contribution is 2.18. The number of carbonyl (C=O) groups is 1. The molecule has 0 aliphatic rings. The Morgan fingerprint density at radius 1 is 1.18 bits per heavy atom. The maximum absolute atomic E-state index is 12.4. The van der Waals surface area contributed by atoms with Gasteiger partial charge in [0.25, 0.3) is 5.69 Å². The Kier molecular flexibility index (Phi) is 6.58. The highest BCUT2D eigenvalue weighted by Gasteiger charge is 2.18. The summed E-state index contributed by atoms with van der Waals surface area (Å²) in [5, 5.41) is 10.7. The van der Waals surface area contributed by atoms with Crippen LogP contribution in [0.15, 0.2) is 67.3 Å². The lowest BCUT2D eigenvalue weighted by molar-refractivity contribution is -0.384. The molecule has 0 saturated carbocycles. The predicted molar refractivity (Wildman–Crippen MR) is 109 cm³/mol. The van der Waals surface area contributed by atoms with Gasteiger partial charge in [-0.15, -0.1) is 0 Å². The van der Waals surface area contributed by atoms with Gasteiger partial charge >= 0.3 is 5.97 Å². The van der Waals surface area contributed by atoms with Crippen LogP contribution in [0, 0.1) is 13.7 Å². The van der Waals surface area contributed by atoms with E-state index in [0.717, 1.165) is 3.57 Å². The van der Waals surface area contributed by atoms with Crippen molar-refractivity contribution in [1.29, 1.82) is 0 Å². The van der Waals surface area contributed by atoms with Crippen molar-refractivity contribution in [3.63, 3.8) is 0 Å². The minimum Gasteiger partial charge on any atom is -0.490 e. The van der Waals surface area contributed by atoms with Gasteiger partial charge < -0.3 is 14.0 Å². The molecule has 0 amide bonds. The summed E-state index contributed by atoms with van der Waals surface area (Å²) in [7, 11) is 0. The Labute approximate surface area is 174 Å². The zero-order chi connectivity index (χ0) is 19.9. The number of benzene rings is 2. The van der Waals surface area contributed by atoms with Gasteiger partial charge in [0, 0.05) is 28.1 Å². The van der Waals surface area contributed by atoms with Gasteiger partial charge in [-0.2, -0.15) is 0 Å². The van der Waals surface area contributed by atoms with Crippen LogP contribution in [0.1, 0.15) is 10.4 Å². The summed E-state index contributed by atoms with van der Waals surface area (Å²) in [5.41, 5.74) is 0.429. The first-order chi connectivity index (χ1) is 13.5. The summed E-state index contributed by atoms with van der Waals surface area (Å²) in [4.78, 5) is 26.7. The Balaban J connectivity index is 1.66.